The Labute approximate surface area is 117 Å². The summed E-state index contributed by atoms with van der Waals surface area (Å²) in [6.45, 7) is 5.69. The van der Waals surface area contributed by atoms with E-state index in [1.165, 1.54) is 0 Å². The van der Waals surface area contributed by atoms with Crippen molar-refractivity contribution in [2.45, 2.75) is 20.8 Å². The molecular formula is C14H19N5O. The van der Waals surface area contributed by atoms with Gasteiger partial charge < -0.3 is 15.2 Å². The third-order valence-corrected chi connectivity index (χ3v) is 3.03. The molecule has 0 saturated carbocycles. The van der Waals surface area contributed by atoms with Crippen molar-refractivity contribution in [3.05, 3.63) is 39.4 Å². The molecule has 0 fully saturated rings. The number of pyridine rings is 1. The van der Waals surface area contributed by atoms with E-state index in [2.05, 4.69) is 20.3 Å². The Morgan fingerprint density at radius 1 is 1.20 bits per heavy atom. The molecule has 0 aromatic carbocycles. The van der Waals surface area contributed by atoms with Gasteiger partial charge in [-0.25, -0.2) is 4.98 Å². The van der Waals surface area contributed by atoms with Crippen molar-refractivity contribution in [2.24, 2.45) is 0 Å². The van der Waals surface area contributed by atoms with Crippen LogP contribution in [0.5, 0.6) is 0 Å². The first-order valence-corrected chi connectivity index (χ1v) is 6.37. The van der Waals surface area contributed by atoms with Gasteiger partial charge in [0.2, 0.25) is 11.5 Å². The molecule has 2 aromatic heterocycles. The van der Waals surface area contributed by atoms with Crippen molar-refractivity contribution in [1.82, 2.24) is 15.0 Å². The van der Waals surface area contributed by atoms with Crippen LogP contribution in [0.2, 0.25) is 0 Å². The molecule has 2 N–H and O–H groups in total. The summed E-state index contributed by atoms with van der Waals surface area (Å²) < 4.78 is 0. The maximum atomic E-state index is 11.4. The summed E-state index contributed by atoms with van der Waals surface area (Å²) in [5.41, 5.74) is 3.37. The molecule has 0 radical (unpaired) electrons. The second-order valence-corrected chi connectivity index (χ2v) is 5.04. The minimum absolute atomic E-state index is 0.107. The molecule has 2 aromatic rings. The van der Waals surface area contributed by atoms with E-state index in [-0.39, 0.29) is 5.56 Å². The highest BCUT2D eigenvalue weighted by atomic mass is 16.1. The van der Waals surface area contributed by atoms with Gasteiger partial charge in [-0.05, 0) is 26.3 Å². The van der Waals surface area contributed by atoms with Gasteiger partial charge in [0.05, 0.1) is 5.69 Å². The van der Waals surface area contributed by atoms with Crippen molar-refractivity contribution in [1.29, 1.82) is 0 Å². The van der Waals surface area contributed by atoms with Crippen LogP contribution in [0.4, 0.5) is 17.5 Å². The van der Waals surface area contributed by atoms with Gasteiger partial charge in [0, 0.05) is 37.6 Å². The van der Waals surface area contributed by atoms with Crippen LogP contribution in [-0.4, -0.2) is 29.0 Å². The average molecular weight is 273 g/mol. The van der Waals surface area contributed by atoms with Crippen LogP contribution in [0.3, 0.4) is 0 Å². The Bertz CT molecular complexity index is 664. The number of anilines is 3. The summed E-state index contributed by atoms with van der Waals surface area (Å²) in [5, 5.41) is 3.17. The fourth-order valence-corrected chi connectivity index (χ4v) is 2.10. The highest BCUT2D eigenvalue weighted by Crippen LogP contribution is 2.21. The van der Waals surface area contributed by atoms with E-state index in [1.54, 1.807) is 12.3 Å². The van der Waals surface area contributed by atoms with Gasteiger partial charge in [0.25, 0.3) is 0 Å². The Balaban J connectivity index is 2.41. The molecule has 0 aliphatic carbocycles. The molecule has 0 atom stereocenters. The van der Waals surface area contributed by atoms with E-state index in [9.17, 15) is 4.79 Å². The summed E-state index contributed by atoms with van der Waals surface area (Å²) in [4.78, 5) is 24.9. The number of hydrogen-bond acceptors (Lipinski definition) is 5. The lowest BCUT2D eigenvalue weighted by Crippen LogP contribution is -2.15. The predicted molar refractivity (Wildman–Crippen MR) is 80.9 cm³/mol. The predicted octanol–water partition coefficient (Wildman–Crippen LogP) is 1.90. The standard InChI is InChI=1S/C14H19N5O/c1-8-6-11(20)16-10(3)12(8)17-14-15-7-9(2)13(18-14)19(4)5/h6-7H,1-5H3,(H,16,20)(H,15,17,18). The number of nitrogens with one attached hydrogen (secondary N) is 2. The molecule has 0 spiro atoms. The summed E-state index contributed by atoms with van der Waals surface area (Å²) in [6, 6.07) is 1.55. The molecule has 20 heavy (non-hydrogen) atoms. The van der Waals surface area contributed by atoms with E-state index >= 15 is 0 Å². The normalized spacial score (nSPS) is 10.4. The third-order valence-electron chi connectivity index (χ3n) is 3.03. The summed E-state index contributed by atoms with van der Waals surface area (Å²) in [7, 11) is 3.88. The van der Waals surface area contributed by atoms with E-state index in [0.717, 1.165) is 28.3 Å². The minimum Gasteiger partial charge on any atom is -0.362 e. The first-order chi connectivity index (χ1) is 9.38. The zero-order chi connectivity index (χ0) is 14.9. The first kappa shape index (κ1) is 14.0. The number of aromatic amines is 1. The number of rotatable bonds is 3. The molecule has 0 aliphatic rings. The summed E-state index contributed by atoms with van der Waals surface area (Å²) >= 11 is 0. The lowest BCUT2D eigenvalue weighted by atomic mass is 10.2. The monoisotopic (exact) mass is 273 g/mol. The van der Waals surface area contributed by atoms with Crippen molar-refractivity contribution in [2.75, 3.05) is 24.3 Å². The smallest absolute Gasteiger partial charge is 0.248 e. The second kappa shape index (κ2) is 5.32. The molecule has 0 aliphatic heterocycles. The van der Waals surface area contributed by atoms with Gasteiger partial charge in [-0.1, -0.05) is 0 Å². The van der Waals surface area contributed by atoms with Gasteiger partial charge in [0.1, 0.15) is 5.82 Å². The maximum Gasteiger partial charge on any atom is 0.248 e. The number of aryl methyl sites for hydroxylation is 3. The lowest BCUT2D eigenvalue weighted by Gasteiger charge is -2.16. The van der Waals surface area contributed by atoms with E-state index in [0.29, 0.717) is 5.95 Å². The second-order valence-electron chi connectivity index (χ2n) is 5.04. The highest BCUT2D eigenvalue weighted by Gasteiger charge is 2.09. The summed E-state index contributed by atoms with van der Waals surface area (Å²) in [6.07, 6.45) is 1.78. The number of H-pyrrole nitrogens is 1. The Morgan fingerprint density at radius 3 is 2.50 bits per heavy atom. The van der Waals surface area contributed by atoms with Gasteiger partial charge in [-0.3, -0.25) is 4.79 Å². The highest BCUT2D eigenvalue weighted by molar-refractivity contribution is 5.62. The summed E-state index contributed by atoms with van der Waals surface area (Å²) in [5.74, 6) is 1.37. The van der Waals surface area contributed by atoms with Crippen molar-refractivity contribution in [3.8, 4) is 0 Å². The van der Waals surface area contributed by atoms with E-state index in [1.807, 2.05) is 39.8 Å². The SMILES string of the molecule is Cc1cnc(Nc2c(C)cc(=O)[nH]c2C)nc1N(C)C. The molecule has 0 saturated heterocycles. The molecule has 0 amide bonds. The van der Waals surface area contributed by atoms with Crippen LogP contribution in [0.15, 0.2) is 17.1 Å². The molecule has 6 nitrogen and oxygen atoms in total. The quantitative estimate of drug-likeness (QED) is 0.893. The van der Waals surface area contributed by atoms with Crippen molar-refractivity contribution < 1.29 is 0 Å². The molecule has 2 heterocycles. The third kappa shape index (κ3) is 2.79. The van der Waals surface area contributed by atoms with Gasteiger partial charge in [-0.2, -0.15) is 4.98 Å². The molecule has 2 rings (SSSR count). The molecular weight excluding hydrogens is 254 g/mol. The molecule has 0 bridgehead atoms. The van der Waals surface area contributed by atoms with Crippen molar-refractivity contribution in [3.63, 3.8) is 0 Å². The topological polar surface area (TPSA) is 73.9 Å². The lowest BCUT2D eigenvalue weighted by molar-refractivity contribution is 1.01. The van der Waals surface area contributed by atoms with Crippen LogP contribution in [0.25, 0.3) is 0 Å². The number of aromatic nitrogens is 3. The van der Waals surface area contributed by atoms with Gasteiger partial charge in [-0.15, -0.1) is 0 Å². The van der Waals surface area contributed by atoms with E-state index in [4.69, 9.17) is 0 Å². The molecule has 106 valence electrons. The largest absolute Gasteiger partial charge is 0.362 e. The van der Waals surface area contributed by atoms with Gasteiger partial charge in [0.15, 0.2) is 0 Å². The maximum absolute atomic E-state index is 11.4. The van der Waals surface area contributed by atoms with Crippen LogP contribution in [0.1, 0.15) is 16.8 Å². The fourth-order valence-electron chi connectivity index (χ4n) is 2.10. The van der Waals surface area contributed by atoms with Crippen LogP contribution in [-0.2, 0) is 0 Å². The van der Waals surface area contributed by atoms with Crippen LogP contribution < -0.4 is 15.8 Å². The zero-order valence-corrected chi connectivity index (χ0v) is 12.4. The fraction of sp³-hybridized carbons (Fsp3) is 0.357. The minimum atomic E-state index is -0.107. The van der Waals surface area contributed by atoms with E-state index < -0.39 is 0 Å². The molecule has 6 heteroatoms. The van der Waals surface area contributed by atoms with Gasteiger partial charge >= 0.3 is 0 Å². The Morgan fingerprint density at radius 2 is 1.90 bits per heavy atom. The zero-order valence-electron chi connectivity index (χ0n) is 12.4. The molecule has 0 unspecified atom stereocenters. The Hall–Kier alpha value is -2.37. The average Bonchev–Trinajstić information content (AvgIpc) is 2.35. The number of hydrogen-bond donors (Lipinski definition) is 2. The Kier molecular flexibility index (Phi) is 3.74. The number of nitrogens with zero attached hydrogens (tertiary/aromatic N) is 3. The first-order valence-electron chi connectivity index (χ1n) is 6.37. The van der Waals surface area contributed by atoms with Crippen molar-refractivity contribution >= 4 is 17.5 Å². The van der Waals surface area contributed by atoms with Crippen LogP contribution in [0, 0.1) is 20.8 Å². The van der Waals surface area contributed by atoms with Crippen LogP contribution >= 0.6 is 0 Å².